The highest BCUT2D eigenvalue weighted by Crippen LogP contribution is 2.27. The molecular formula is C13H15FN2O2S2. The number of halogens is 1. The van der Waals surface area contributed by atoms with E-state index in [-0.39, 0.29) is 10.6 Å². The van der Waals surface area contributed by atoms with Crippen LogP contribution in [0.2, 0.25) is 0 Å². The zero-order chi connectivity index (χ0) is 14.8. The molecule has 1 heterocycles. The van der Waals surface area contributed by atoms with Gasteiger partial charge in [-0.3, -0.25) is 4.31 Å². The summed E-state index contributed by atoms with van der Waals surface area (Å²) in [6.07, 6.45) is 0. The van der Waals surface area contributed by atoms with Crippen LogP contribution in [0.4, 0.5) is 10.1 Å². The van der Waals surface area contributed by atoms with Crippen molar-refractivity contribution in [2.75, 3.05) is 18.4 Å². The molecule has 1 N–H and O–H groups in total. The minimum absolute atomic E-state index is 0.0360. The summed E-state index contributed by atoms with van der Waals surface area (Å²) < 4.78 is 39.6. The molecular weight excluding hydrogens is 299 g/mol. The first-order valence-corrected chi connectivity index (χ1v) is 8.24. The highest BCUT2D eigenvalue weighted by atomic mass is 32.2. The Balaban J connectivity index is 2.36. The third kappa shape index (κ3) is 2.84. The summed E-state index contributed by atoms with van der Waals surface area (Å²) in [5.74, 6) is -0.566. The van der Waals surface area contributed by atoms with Gasteiger partial charge < -0.3 is 5.32 Å². The summed E-state index contributed by atoms with van der Waals surface area (Å²) in [7, 11) is -0.595. The SMILES string of the molecule is CNCc1cc(S(=O)(=O)N(C)c2ccccc2F)cs1. The third-order valence-corrected chi connectivity index (χ3v) is 5.67. The molecule has 7 heteroatoms. The van der Waals surface area contributed by atoms with E-state index in [0.717, 1.165) is 9.18 Å². The van der Waals surface area contributed by atoms with Gasteiger partial charge in [0, 0.05) is 23.8 Å². The Morgan fingerprint density at radius 2 is 2.05 bits per heavy atom. The van der Waals surface area contributed by atoms with Crippen molar-refractivity contribution >= 4 is 27.0 Å². The first kappa shape index (κ1) is 15.0. The predicted octanol–water partition coefficient (Wildman–Crippen LogP) is 2.43. The second kappa shape index (κ2) is 5.90. The maximum absolute atomic E-state index is 13.7. The molecule has 2 rings (SSSR count). The molecule has 1 aromatic carbocycles. The van der Waals surface area contributed by atoms with Crippen LogP contribution in [0.15, 0.2) is 40.6 Å². The average Bonchev–Trinajstić information content (AvgIpc) is 2.88. The van der Waals surface area contributed by atoms with Crippen LogP contribution in [0.25, 0.3) is 0 Å². The van der Waals surface area contributed by atoms with E-state index in [9.17, 15) is 12.8 Å². The molecule has 108 valence electrons. The van der Waals surface area contributed by atoms with Gasteiger partial charge in [0.15, 0.2) is 0 Å². The molecule has 0 aliphatic heterocycles. The number of thiophene rings is 1. The number of sulfonamides is 1. The quantitative estimate of drug-likeness (QED) is 0.922. The molecule has 1 aromatic heterocycles. The van der Waals surface area contributed by atoms with Crippen molar-refractivity contribution in [2.45, 2.75) is 11.4 Å². The molecule has 4 nitrogen and oxygen atoms in total. The van der Waals surface area contributed by atoms with Gasteiger partial charge in [-0.25, -0.2) is 12.8 Å². The third-order valence-electron chi connectivity index (χ3n) is 2.83. The van der Waals surface area contributed by atoms with Crippen LogP contribution in [-0.2, 0) is 16.6 Å². The molecule has 0 fully saturated rings. The van der Waals surface area contributed by atoms with E-state index >= 15 is 0 Å². The van der Waals surface area contributed by atoms with Gasteiger partial charge in [-0.05, 0) is 25.2 Å². The minimum atomic E-state index is -3.74. The highest BCUT2D eigenvalue weighted by Gasteiger charge is 2.24. The van der Waals surface area contributed by atoms with Crippen LogP contribution >= 0.6 is 11.3 Å². The van der Waals surface area contributed by atoms with Crippen LogP contribution in [0.1, 0.15) is 4.88 Å². The number of nitrogens with zero attached hydrogens (tertiary/aromatic N) is 1. The van der Waals surface area contributed by atoms with E-state index < -0.39 is 15.8 Å². The Kier molecular flexibility index (Phi) is 4.42. The maximum atomic E-state index is 13.7. The lowest BCUT2D eigenvalue weighted by atomic mass is 10.3. The van der Waals surface area contributed by atoms with Crippen molar-refractivity contribution in [2.24, 2.45) is 0 Å². The summed E-state index contributed by atoms with van der Waals surface area (Å²) in [5, 5.41) is 4.53. The van der Waals surface area contributed by atoms with Crippen molar-refractivity contribution < 1.29 is 12.8 Å². The molecule has 0 saturated carbocycles. The van der Waals surface area contributed by atoms with Gasteiger partial charge in [0.2, 0.25) is 0 Å². The normalized spacial score (nSPS) is 11.6. The molecule has 0 unspecified atom stereocenters. The van der Waals surface area contributed by atoms with Crippen molar-refractivity contribution in [1.82, 2.24) is 5.32 Å². The van der Waals surface area contributed by atoms with Gasteiger partial charge in [-0.1, -0.05) is 12.1 Å². The lowest BCUT2D eigenvalue weighted by Gasteiger charge is -2.19. The number of nitrogens with one attached hydrogen (secondary N) is 1. The second-order valence-corrected chi connectivity index (χ2v) is 7.17. The molecule has 20 heavy (non-hydrogen) atoms. The van der Waals surface area contributed by atoms with Gasteiger partial charge in [-0.2, -0.15) is 0 Å². The Morgan fingerprint density at radius 3 is 2.70 bits per heavy atom. The van der Waals surface area contributed by atoms with Crippen LogP contribution in [0.5, 0.6) is 0 Å². The number of rotatable bonds is 5. The number of hydrogen-bond donors (Lipinski definition) is 1. The number of anilines is 1. The highest BCUT2D eigenvalue weighted by molar-refractivity contribution is 7.93. The van der Waals surface area contributed by atoms with E-state index in [0.29, 0.717) is 6.54 Å². The average molecular weight is 314 g/mol. The number of para-hydroxylation sites is 1. The van der Waals surface area contributed by atoms with Crippen LogP contribution in [0, 0.1) is 5.82 Å². The van der Waals surface area contributed by atoms with E-state index in [1.165, 1.54) is 36.6 Å². The van der Waals surface area contributed by atoms with E-state index in [4.69, 9.17) is 0 Å². The number of hydrogen-bond acceptors (Lipinski definition) is 4. The van der Waals surface area contributed by atoms with Gasteiger partial charge in [0.25, 0.3) is 10.0 Å². The van der Waals surface area contributed by atoms with Gasteiger partial charge >= 0.3 is 0 Å². The summed E-state index contributed by atoms with van der Waals surface area (Å²) in [6.45, 7) is 0.601. The molecule has 0 amide bonds. The number of benzene rings is 1. The summed E-state index contributed by atoms with van der Waals surface area (Å²) in [6, 6.07) is 7.41. The zero-order valence-corrected chi connectivity index (χ0v) is 12.8. The Morgan fingerprint density at radius 1 is 1.35 bits per heavy atom. The molecule has 0 aliphatic carbocycles. The molecule has 0 bridgehead atoms. The molecule has 0 saturated heterocycles. The zero-order valence-electron chi connectivity index (χ0n) is 11.1. The summed E-state index contributed by atoms with van der Waals surface area (Å²) >= 11 is 1.36. The monoisotopic (exact) mass is 314 g/mol. The lowest BCUT2D eigenvalue weighted by molar-refractivity contribution is 0.590. The molecule has 0 spiro atoms. The van der Waals surface area contributed by atoms with Crippen molar-refractivity contribution in [3.8, 4) is 0 Å². The van der Waals surface area contributed by atoms with Crippen molar-refractivity contribution in [3.63, 3.8) is 0 Å². The summed E-state index contributed by atoms with van der Waals surface area (Å²) in [5.41, 5.74) is 0.0360. The largest absolute Gasteiger partial charge is 0.315 e. The maximum Gasteiger partial charge on any atom is 0.265 e. The summed E-state index contributed by atoms with van der Waals surface area (Å²) in [4.78, 5) is 1.09. The second-order valence-electron chi connectivity index (χ2n) is 4.20. The van der Waals surface area contributed by atoms with Crippen molar-refractivity contribution in [3.05, 3.63) is 46.4 Å². The van der Waals surface area contributed by atoms with Crippen LogP contribution in [0.3, 0.4) is 0 Å². The standard InChI is InChI=1S/C13H15FN2O2S2/c1-15-8-10-7-11(9-19-10)20(17,18)16(2)13-6-4-3-5-12(13)14/h3-7,9,15H,8H2,1-2H3. The molecule has 2 aromatic rings. The van der Waals surface area contributed by atoms with Gasteiger partial charge in [0.1, 0.15) is 5.82 Å². The van der Waals surface area contributed by atoms with Crippen LogP contribution < -0.4 is 9.62 Å². The smallest absolute Gasteiger partial charge is 0.265 e. The topological polar surface area (TPSA) is 49.4 Å². The first-order chi connectivity index (χ1) is 9.46. The van der Waals surface area contributed by atoms with E-state index in [1.807, 2.05) is 0 Å². The Labute approximate surface area is 121 Å². The molecule has 0 radical (unpaired) electrons. The first-order valence-electron chi connectivity index (χ1n) is 5.92. The molecule has 0 atom stereocenters. The van der Waals surface area contributed by atoms with E-state index in [1.54, 1.807) is 24.6 Å². The van der Waals surface area contributed by atoms with Crippen LogP contribution in [-0.4, -0.2) is 22.5 Å². The van der Waals surface area contributed by atoms with E-state index in [2.05, 4.69) is 5.32 Å². The Bertz CT molecular complexity index is 698. The fourth-order valence-electron chi connectivity index (χ4n) is 1.76. The van der Waals surface area contributed by atoms with Crippen molar-refractivity contribution in [1.29, 1.82) is 0 Å². The fourth-order valence-corrected chi connectivity index (χ4v) is 4.24. The predicted molar refractivity (Wildman–Crippen MR) is 79.1 cm³/mol. The minimum Gasteiger partial charge on any atom is -0.315 e. The van der Waals surface area contributed by atoms with Gasteiger partial charge in [-0.15, -0.1) is 11.3 Å². The molecule has 0 aliphatic rings. The fraction of sp³-hybridized carbons (Fsp3) is 0.231. The lowest BCUT2D eigenvalue weighted by Crippen LogP contribution is -2.27. The van der Waals surface area contributed by atoms with Gasteiger partial charge in [0.05, 0.1) is 10.6 Å². The Hall–Kier alpha value is -1.44.